The van der Waals surface area contributed by atoms with Gasteiger partial charge in [0.2, 0.25) is 0 Å². The molecule has 0 saturated carbocycles. The standard InChI is InChI=1S/C12H10BrNO/c13-11-4-1-3-10(7-11)8-14-6-2-5-12(14)9-15/h1-7,9H,8H2. The van der Waals surface area contributed by atoms with Gasteiger partial charge in [0, 0.05) is 17.2 Å². The smallest absolute Gasteiger partial charge is 0.166 e. The van der Waals surface area contributed by atoms with Crippen molar-refractivity contribution in [3.63, 3.8) is 0 Å². The number of carbonyl (C=O) groups is 1. The van der Waals surface area contributed by atoms with Gasteiger partial charge in [-0.1, -0.05) is 28.1 Å². The maximum atomic E-state index is 10.7. The topological polar surface area (TPSA) is 22.0 Å². The number of hydrogen-bond donors (Lipinski definition) is 0. The fourth-order valence-electron chi connectivity index (χ4n) is 1.51. The lowest BCUT2D eigenvalue weighted by atomic mass is 10.2. The van der Waals surface area contributed by atoms with Crippen LogP contribution in [0.15, 0.2) is 47.1 Å². The van der Waals surface area contributed by atoms with Gasteiger partial charge in [-0.2, -0.15) is 0 Å². The molecule has 2 aromatic rings. The third-order valence-electron chi connectivity index (χ3n) is 2.23. The molecule has 0 unspecified atom stereocenters. The first kappa shape index (κ1) is 10.2. The zero-order chi connectivity index (χ0) is 10.7. The van der Waals surface area contributed by atoms with Crippen LogP contribution in [0.3, 0.4) is 0 Å². The molecule has 0 fully saturated rings. The van der Waals surface area contributed by atoms with Gasteiger partial charge in [-0.25, -0.2) is 0 Å². The monoisotopic (exact) mass is 263 g/mol. The van der Waals surface area contributed by atoms with E-state index in [9.17, 15) is 4.79 Å². The first-order chi connectivity index (χ1) is 7.29. The van der Waals surface area contributed by atoms with Crippen LogP contribution in [0.4, 0.5) is 0 Å². The molecule has 0 aliphatic rings. The Bertz CT molecular complexity index is 476. The van der Waals surface area contributed by atoms with Crippen LogP contribution < -0.4 is 0 Å². The Labute approximate surface area is 96.7 Å². The number of hydrogen-bond acceptors (Lipinski definition) is 1. The van der Waals surface area contributed by atoms with E-state index in [0.29, 0.717) is 5.69 Å². The lowest BCUT2D eigenvalue weighted by molar-refractivity contribution is 0.111. The molecule has 1 heterocycles. The average Bonchev–Trinajstić information content (AvgIpc) is 2.65. The first-order valence-electron chi connectivity index (χ1n) is 4.64. The fourth-order valence-corrected chi connectivity index (χ4v) is 1.96. The zero-order valence-electron chi connectivity index (χ0n) is 8.06. The van der Waals surface area contributed by atoms with Gasteiger partial charge in [0.1, 0.15) is 0 Å². The summed E-state index contributed by atoms with van der Waals surface area (Å²) < 4.78 is 2.98. The van der Waals surface area contributed by atoms with Crippen molar-refractivity contribution < 1.29 is 4.79 Å². The zero-order valence-corrected chi connectivity index (χ0v) is 9.65. The first-order valence-corrected chi connectivity index (χ1v) is 5.43. The number of nitrogens with zero attached hydrogens (tertiary/aromatic N) is 1. The molecule has 0 atom stereocenters. The molecule has 76 valence electrons. The number of aromatic nitrogens is 1. The van der Waals surface area contributed by atoms with E-state index in [1.807, 2.05) is 41.1 Å². The molecule has 15 heavy (non-hydrogen) atoms. The van der Waals surface area contributed by atoms with Crippen LogP contribution in [0.25, 0.3) is 0 Å². The quantitative estimate of drug-likeness (QED) is 0.781. The molecular weight excluding hydrogens is 254 g/mol. The lowest BCUT2D eigenvalue weighted by Gasteiger charge is -2.05. The Kier molecular flexibility index (Phi) is 3.02. The Balaban J connectivity index is 2.25. The normalized spacial score (nSPS) is 10.2. The number of aldehydes is 1. The van der Waals surface area contributed by atoms with Gasteiger partial charge in [0.25, 0.3) is 0 Å². The molecule has 1 aromatic carbocycles. The van der Waals surface area contributed by atoms with Gasteiger partial charge in [0.15, 0.2) is 6.29 Å². The van der Waals surface area contributed by atoms with Gasteiger partial charge >= 0.3 is 0 Å². The van der Waals surface area contributed by atoms with Gasteiger partial charge < -0.3 is 4.57 Å². The maximum Gasteiger partial charge on any atom is 0.166 e. The predicted octanol–water partition coefficient (Wildman–Crippen LogP) is 3.11. The van der Waals surface area contributed by atoms with Gasteiger partial charge in [-0.15, -0.1) is 0 Å². The van der Waals surface area contributed by atoms with Crippen LogP contribution in [-0.2, 0) is 6.54 Å². The van der Waals surface area contributed by atoms with Crippen LogP contribution in [0.2, 0.25) is 0 Å². The van der Waals surface area contributed by atoms with Crippen molar-refractivity contribution in [2.45, 2.75) is 6.54 Å². The van der Waals surface area contributed by atoms with Crippen LogP contribution >= 0.6 is 15.9 Å². The average molecular weight is 264 g/mol. The molecule has 1 aromatic heterocycles. The molecule has 3 heteroatoms. The minimum atomic E-state index is 0.704. The second kappa shape index (κ2) is 4.45. The number of carbonyl (C=O) groups excluding carboxylic acids is 1. The molecule has 0 aliphatic heterocycles. The van der Waals surface area contributed by atoms with E-state index in [0.717, 1.165) is 17.3 Å². The van der Waals surface area contributed by atoms with Crippen molar-refractivity contribution in [1.82, 2.24) is 4.57 Å². The molecule has 0 N–H and O–H groups in total. The number of benzene rings is 1. The van der Waals surface area contributed by atoms with Gasteiger partial charge in [0.05, 0.1) is 5.69 Å². The molecule has 2 rings (SSSR count). The van der Waals surface area contributed by atoms with Crippen molar-refractivity contribution >= 4 is 22.2 Å². The Morgan fingerprint density at radius 2 is 2.13 bits per heavy atom. The van der Waals surface area contributed by atoms with E-state index >= 15 is 0 Å². The van der Waals surface area contributed by atoms with Crippen molar-refractivity contribution in [2.24, 2.45) is 0 Å². The largest absolute Gasteiger partial charge is 0.341 e. The highest BCUT2D eigenvalue weighted by Gasteiger charge is 2.00. The molecular formula is C12H10BrNO. The predicted molar refractivity (Wildman–Crippen MR) is 63.1 cm³/mol. The van der Waals surface area contributed by atoms with E-state index in [2.05, 4.69) is 22.0 Å². The highest BCUT2D eigenvalue weighted by Crippen LogP contribution is 2.13. The minimum absolute atomic E-state index is 0.704. The lowest BCUT2D eigenvalue weighted by Crippen LogP contribution is -2.01. The fraction of sp³-hybridized carbons (Fsp3) is 0.0833. The second-order valence-corrected chi connectivity index (χ2v) is 4.22. The van der Waals surface area contributed by atoms with E-state index < -0.39 is 0 Å². The summed E-state index contributed by atoms with van der Waals surface area (Å²) in [5.41, 5.74) is 1.87. The summed E-state index contributed by atoms with van der Waals surface area (Å²) in [4.78, 5) is 10.7. The van der Waals surface area contributed by atoms with Crippen molar-refractivity contribution in [2.75, 3.05) is 0 Å². The minimum Gasteiger partial charge on any atom is -0.341 e. The molecule has 2 nitrogen and oxygen atoms in total. The van der Waals surface area contributed by atoms with Gasteiger partial charge in [-0.05, 0) is 29.8 Å². The van der Waals surface area contributed by atoms with Crippen LogP contribution in [0.5, 0.6) is 0 Å². The van der Waals surface area contributed by atoms with E-state index in [1.165, 1.54) is 5.56 Å². The van der Waals surface area contributed by atoms with E-state index in [1.54, 1.807) is 0 Å². The molecule has 0 amide bonds. The Morgan fingerprint density at radius 1 is 1.27 bits per heavy atom. The molecule has 0 bridgehead atoms. The van der Waals surface area contributed by atoms with Crippen LogP contribution in [-0.4, -0.2) is 10.9 Å². The SMILES string of the molecule is O=Cc1cccn1Cc1cccc(Br)c1. The van der Waals surface area contributed by atoms with Crippen molar-refractivity contribution in [3.8, 4) is 0 Å². The highest BCUT2D eigenvalue weighted by molar-refractivity contribution is 9.10. The third kappa shape index (κ3) is 2.36. The van der Waals surface area contributed by atoms with Gasteiger partial charge in [-0.3, -0.25) is 4.79 Å². The summed E-state index contributed by atoms with van der Waals surface area (Å²) in [6, 6.07) is 11.8. The summed E-state index contributed by atoms with van der Waals surface area (Å²) >= 11 is 3.42. The summed E-state index contributed by atoms with van der Waals surface area (Å²) in [5.74, 6) is 0. The third-order valence-corrected chi connectivity index (χ3v) is 2.72. The molecule has 0 aliphatic carbocycles. The summed E-state index contributed by atoms with van der Waals surface area (Å²) in [5, 5.41) is 0. The molecule has 0 saturated heterocycles. The van der Waals surface area contributed by atoms with Crippen molar-refractivity contribution in [3.05, 3.63) is 58.3 Å². The molecule has 0 spiro atoms. The summed E-state index contributed by atoms with van der Waals surface area (Å²) in [7, 11) is 0. The van der Waals surface area contributed by atoms with E-state index in [-0.39, 0.29) is 0 Å². The van der Waals surface area contributed by atoms with Crippen LogP contribution in [0.1, 0.15) is 16.1 Å². The Hall–Kier alpha value is -1.35. The number of rotatable bonds is 3. The summed E-state index contributed by atoms with van der Waals surface area (Å²) in [6.07, 6.45) is 2.78. The van der Waals surface area contributed by atoms with Crippen molar-refractivity contribution in [1.29, 1.82) is 0 Å². The highest BCUT2D eigenvalue weighted by atomic mass is 79.9. The summed E-state index contributed by atoms with van der Waals surface area (Å²) in [6.45, 7) is 0.723. The maximum absolute atomic E-state index is 10.7. The molecule has 0 radical (unpaired) electrons. The van der Waals surface area contributed by atoms with E-state index in [4.69, 9.17) is 0 Å². The Morgan fingerprint density at radius 3 is 2.87 bits per heavy atom. The van der Waals surface area contributed by atoms with Crippen LogP contribution in [0, 0.1) is 0 Å². The number of halogens is 1. The second-order valence-electron chi connectivity index (χ2n) is 3.31.